The average molecular weight is 366 g/mol. The first-order valence-electron chi connectivity index (χ1n) is 5.31. The van der Waals surface area contributed by atoms with Crippen LogP contribution in [0.1, 0.15) is 5.56 Å². The monoisotopic (exact) mass is 364 g/mol. The van der Waals surface area contributed by atoms with E-state index in [9.17, 15) is 0 Å². The first-order chi connectivity index (χ1) is 9.47. The maximum absolute atomic E-state index is 8.63. The molecule has 2 rings (SSSR count). The van der Waals surface area contributed by atoms with Crippen LogP contribution >= 0.6 is 58.0 Å². The molecule has 0 aliphatic rings. The molecule has 0 amide bonds. The van der Waals surface area contributed by atoms with E-state index in [0.717, 1.165) is 5.56 Å². The molecule has 0 aliphatic carbocycles. The lowest BCUT2D eigenvalue weighted by atomic mass is 10.1. The largest absolute Gasteiger partial charge is 0.256 e. The highest BCUT2D eigenvalue weighted by Gasteiger charge is 2.21. The molecule has 7 heteroatoms. The number of nitriles is 1. The van der Waals surface area contributed by atoms with Crippen molar-refractivity contribution in [3.05, 3.63) is 49.0 Å². The highest BCUT2D eigenvalue weighted by molar-refractivity contribution is 6.56. The van der Waals surface area contributed by atoms with Crippen molar-refractivity contribution in [1.29, 1.82) is 5.26 Å². The fourth-order valence-corrected chi connectivity index (χ4v) is 2.93. The standard InChI is InChI=1S/C13H5Cl5N2/c14-9-8(10(15)12(17)13(18)11(9)16)7-2-1-6(3-4-19)5-20-7/h1-2,5H,3H2. The molecule has 0 bridgehead atoms. The van der Waals surface area contributed by atoms with Gasteiger partial charge in [-0.05, 0) is 11.6 Å². The Morgan fingerprint density at radius 2 is 1.45 bits per heavy atom. The van der Waals surface area contributed by atoms with E-state index in [0.29, 0.717) is 11.3 Å². The molecule has 102 valence electrons. The Balaban J connectivity index is 2.61. The highest BCUT2D eigenvalue weighted by atomic mass is 35.5. The molecule has 0 aliphatic heterocycles. The minimum absolute atomic E-state index is 0.105. The van der Waals surface area contributed by atoms with Crippen molar-refractivity contribution < 1.29 is 0 Å². The number of hydrogen-bond donors (Lipinski definition) is 0. The van der Waals surface area contributed by atoms with E-state index in [-0.39, 0.29) is 31.5 Å². The van der Waals surface area contributed by atoms with Crippen molar-refractivity contribution in [2.75, 3.05) is 0 Å². The first kappa shape index (κ1) is 15.7. The number of hydrogen-bond acceptors (Lipinski definition) is 2. The molecule has 0 unspecified atom stereocenters. The zero-order chi connectivity index (χ0) is 14.9. The van der Waals surface area contributed by atoms with E-state index in [2.05, 4.69) is 4.98 Å². The normalized spacial score (nSPS) is 10.4. The molecule has 0 saturated heterocycles. The Kier molecular flexibility index (Phi) is 5.01. The molecule has 0 radical (unpaired) electrons. The van der Waals surface area contributed by atoms with Crippen molar-refractivity contribution in [1.82, 2.24) is 4.98 Å². The molecule has 1 heterocycles. The fourth-order valence-electron chi connectivity index (χ4n) is 1.60. The van der Waals surface area contributed by atoms with Crippen molar-refractivity contribution in [3.63, 3.8) is 0 Å². The van der Waals surface area contributed by atoms with Gasteiger partial charge >= 0.3 is 0 Å². The van der Waals surface area contributed by atoms with Gasteiger partial charge in [0.05, 0.1) is 43.3 Å². The lowest BCUT2D eigenvalue weighted by Crippen LogP contribution is -1.91. The maximum Gasteiger partial charge on any atom is 0.0809 e. The van der Waals surface area contributed by atoms with Gasteiger partial charge in [-0.15, -0.1) is 0 Å². The van der Waals surface area contributed by atoms with Crippen LogP contribution in [-0.4, -0.2) is 4.98 Å². The van der Waals surface area contributed by atoms with Gasteiger partial charge in [-0.2, -0.15) is 5.26 Å². The molecular weight excluding hydrogens is 361 g/mol. The topological polar surface area (TPSA) is 36.7 Å². The Bertz CT molecular complexity index is 675. The molecule has 0 N–H and O–H groups in total. The molecule has 0 saturated carbocycles. The van der Waals surface area contributed by atoms with Crippen LogP contribution in [0.5, 0.6) is 0 Å². The van der Waals surface area contributed by atoms with Gasteiger partial charge in [-0.1, -0.05) is 64.1 Å². The van der Waals surface area contributed by atoms with Crippen molar-refractivity contribution in [2.45, 2.75) is 6.42 Å². The number of benzene rings is 1. The van der Waals surface area contributed by atoms with E-state index in [1.165, 1.54) is 0 Å². The van der Waals surface area contributed by atoms with Gasteiger partial charge in [0.15, 0.2) is 0 Å². The van der Waals surface area contributed by atoms with E-state index >= 15 is 0 Å². The van der Waals surface area contributed by atoms with E-state index < -0.39 is 0 Å². The Labute approximate surface area is 140 Å². The number of rotatable bonds is 2. The lowest BCUT2D eigenvalue weighted by molar-refractivity contribution is 1.19. The molecule has 0 atom stereocenters. The highest BCUT2D eigenvalue weighted by Crippen LogP contribution is 2.47. The summed E-state index contributed by atoms with van der Waals surface area (Å²) in [5.74, 6) is 0. The zero-order valence-electron chi connectivity index (χ0n) is 9.72. The molecule has 2 aromatic rings. The van der Waals surface area contributed by atoms with Crippen LogP contribution in [0.3, 0.4) is 0 Å². The summed E-state index contributed by atoms with van der Waals surface area (Å²) in [4.78, 5) is 4.22. The van der Waals surface area contributed by atoms with Gasteiger partial charge in [0.25, 0.3) is 0 Å². The fraction of sp³-hybridized carbons (Fsp3) is 0.0769. The zero-order valence-corrected chi connectivity index (χ0v) is 13.5. The smallest absolute Gasteiger partial charge is 0.0809 e. The Hall–Kier alpha value is -0.690. The summed E-state index contributed by atoms with van der Waals surface area (Å²) in [7, 11) is 0. The number of halogens is 5. The summed E-state index contributed by atoms with van der Waals surface area (Å²) in [5.41, 5.74) is 1.70. The van der Waals surface area contributed by atoms with Gasteiger partial charge in [0.2, 0.25) is 0 Å². The molecule has 1 aromatic heterocycles. The number of nitrogens with zero attached hydrogens (tertiary/aromatic N) is 2. The van der Waals surface area contributed by atoms with E-state index in [1.807, 2.05) is 6.07 Å². The van der Waals surface area contributed by atoms with Crippen LogP contribution in [0.25, 0.3) is 11.3 Å². The minimum atomic E-state index is 0.105. The molecule has 0 spiro atoms. The first-order valence-corrected chi connectivity index (χ1v) is 7.20. The van der Waals surface area contributed by atoms with Crippen LogP contribution in [0.15, 0.2) is 18.3 Å². The van der Waals surface area contributed by atoms with Gasteiger partial charge in [0, 0.05) is 11.8 Å². The van der Waals surface area contributed by atoms with Gasteiger partial charge in [0.1, 0.15) is 0 Å². The van der Waals surface area contributed by atoms with Gasteiger partial charge < -0.3 is 0 Å². The van der Waals surface area contributed by atoms with Crippen LogP contribution in [0.2, 0.25) is 25.1 Å². The van der Waals surface area contributed by atoms with E-state index in [1.54, 1.807) is 18.3 Å². The number of pyridine rings is 1. The van der Waals surface area contributed by atoms with Crippen molar-refractivity contribution >= 4 is 58.0 Å². The molecule has 1 aromatic carbocycles. The minimum Gasteiger partial charge on any atom is -0.256 e. The molecule has 2 nitrogen and oxygen atoms in total. The lowest BCUT2D eigenvalue weighted by Gasteiger charge is -2.12. The SMILES string of the molecule is N#CCc1ccc(-c2c(Cl)c(Cl)c(Cl)c(Cl)c2Cl)nc1. The third-order valence-corrected chi connectivity index (χ3v) is 4.85. The molecular formula is C13H5Cl5N2. The van der Waals surface area contributed by atoms with E-state index in [4.69, 9.17) is 63.3 Å². The third-order valence-electron chi connectivity index (χ3n) is 2.57. The third kappa shape index (κ3) is 2.83. The molecule has 0 fully saturated rings. The summed E-state index contributed by atoms with van der Waals surface area (Å²) in [6, 6.07) is 5.49. The average Bonchev–Trinajstić information content (AvgIpc) is 2.45. The molecule has 20 heavy (non-hydrogen) atoms. The van der Waals surface area contributed by atoms with Crippen LogP contribution in [0.4, 0.5) is 0 Å². The summed E-state index contributed by atoms with van der Waals surface area (Å²) < 4.78 is 0. The summed E-state index contributed by atoms with van der Waals surface area (Å²) in [6.07, 6.45) is 1.85. The van der Waals surface area contributed by atoms with Crippen molar-refractivity contribution in [2.24, 2.45) is 0 Å². The summed E-state index contributed by atoms with van der Waals surface area (Å²) in [6.45, 7) is 0. The number of aromatic nitrogens is 1. The van der Waals surface area contributed by atoms with Gasteiger partial charge in [-0.3, -0.25) is 4.98 Å². The predicted molar refractivity (Wildman–Crippen MR) is 84.0 cm³/mol. The van der Waals surface area contributed by atoms with Crippen LogP contribution in [0, 0.1) is 11.3 Å². The van der Waals surface area contributed by atoms with Crippen LogP contribution < -0.4 is 0 Å². The Morgan fingerprint density at radius 3 is 1.90 bits per heavy atom. The quantitative estimate of drug-likeness (QED) is 0.477. The summed E-state index contributed by atoms with van der Waals surface area (Å²) >= 11 is 30.3. The predicted octanol–water partition coefficient (Wildman–Crippen LogP) is 6.08. The maximum atomic E-state index is 8.63. The van der Waals surface area contributed by atoms with Gasteiger partial charge in [-0.25, -0.2) is 0 Å². The summed E-state index contributed by atoms with van der Waals surface area (Å²) in [5, 5.41) is 9.36. The second kappa shape index (κ2) is 6.39. The second-order valence-corrected chi connectivity index (χ2v) is 5.72. The Morgan fingerprint density at radius 1 is 0.900 bits per heavy atom. The second-order valence-electron chi connectivity index (χ2n) is 3.83. The van der Waals surface area contributed by atoms with Crippen LogP contribution in [-0.2, 0) is 6.42 Å². The van der Waals surface area contributed by atoms with Crippen molar-refractivity contribution in [3.8, 4) is 17.3 Å².